The van der Waals surface area contributed by atoms with Gasteiger partial charge in [0.05, 0.1) is 0 Å². The van der Waals surface area contributed by atoms with Crippen LogP contribution in [-0.4, -0.2) is 0 Å². The van der Waals surface area contributed by atoms with Crippen LogP contribution in [0.3, 0.4) is 0 Å². The Morgan fingerprint density at radius 2 is 1.83 bits per heavy atom. The van der Waals surface area contributed by atoms with Gasteiger partial charge in [-0.05, 0) is 24.5 Å². The van der Waals surface area contributed by atoms with E-state index in [0.717, 1.165) is 6.42 Å². The van der Waals surface area contributed by atoms with Crippen LogP contribution in [0.15, 0.2) is 48.1 Å². The summed E-state index contributed by atoms with van der Waals surface area (Å²) >= 11 is 0. The molecule has 0 nitrogen and oxygen atoms in total. The van der Waals surface area contributed by atoms with E-state index in [-0.39, 0.29) is 0 Å². The van der Waals surface area contributed by atoms with Crippen molar-refractivity contribution in [2.75, 3.05) is 0 Å². The van der Waals surface area contributed by atoms with Gasteiger partial charge in [0, 0.05) is 0 Å². The number of hydrogen-bond donors (Lipinski definition) is 0. The summed E-state index contributed by atoms with van der Waals surface area (Å²) in [4.78, 5) is 0. The van der Waals surface area contributed by atoms with Crippen molar-refractivity contribution in [3.8, 4) is 0 Å². The Hall–Kier alpha value is -1.30. The maximum atomic E-state index is 2.28. The minimum Gasteiger partial charge on any atom is -0.0726 e. The standard InChI is InChI=1S/C12H12/c1-10-7-8-12(9-10)11-5-3-2-4-6-11/h2-6,8-9H,7H2,1H3. The van der Waals surface area contributed by atoms with Crippen molar-refractivity contribution in [2.24, 2.45) is 0 Å². The molecule has 1 aliphatic carbocycles. The van der Waals surface area contributed by atoms with Gasteiger partial charge >= 0.3 is 0 Å². The zero-order valence-corrected chi connectivity index (χ0v) is 7.25. The normalized spacial score (nSPS) is 15.8. The predicted molar refractivity (Wildman–Crippen MR) is 52.8 cm³/mol. The van der Waals surface area contributed by atoms with Crippen LogP contribution in [0.4, 0.5) is 0 Å². The quantitative estimate of drug-likeness (QED) is 0.584. The van der Waals surface area contributed by atoms with E-state index in [1.165, 1.54) is 16.7 Å². The summed E-state index contributed by atoms with van der Waals surface area (Å²) in [6, 6.07) is 10.5. The first-order chi connectivity index (χ1) is 5.86. The van der Waals surface area contributed by atoms with Crippen LogP contribution in [-0.2, 0) is 0 Å². The molecule has 0 aromatic heterocycles. The van der Waals surface area contributed by atoms with Crippen molar-refractivity contribution in [3.05, 3.63) is 53.6 Å². The van der Waals surface area contributed by atoms with Crippen LogP contribution in [0.25, 0.3) is 5.57 Å². The van der Waals surface area contributed by atoms with Crippen LogP contribution >= 0.6 is 0 Å². The largest absolute Gasteiger partial charge is 0.0726 e. The summed E-state index contributed by atoms with van der Waals surface area (Å²) in [7, 11) is 0. The number of rotatable bonds is 1. The van der Waals surface area contributed by atoms with E-state index in [0.29, 0.717) is 0 Å². The molecule has 0 heterocycles. The zero-order chi connectivity index (χ0) is 8.39. The van der Waals surface area contributed by atoms with Crippen molar-refractivity contribution in [2.45, 2.75) is 13.3 Å². The van der Waals surface area contributed by atoms with Gasteiger partial charge in [0.15, 0.2) is 0 Å². The fourth-order valence-corrected chi connectivity index (χ4v) is 1.49. The van der Waals surface area contributed by atoms with Gasteiger partial charge in [-0.1, -0.05) is 48.1 Å². The molecule has 0 atom stereocenters. The van der Waals surface area contributed by atoms with E-state index in [1.54, 1.807) is 0 Å². The molecule has 0 heteroatoms. The molecule has 2 rings (SSSR count). The van der Waals surface area contributed by atoms with Gasteiger partial charge in [-0.3, -0.25) is 0 Å². The van der Waals surface area contributed by atoms with Crippen LogP contribution < -0.4 is 0 Å². The number of hydrogen-bond acceptors (Lipinski definition) is 0. The van der Waals surface area contributed by atoms with Gasteiger partial charge in [0.2, 0.25) is 0 Å². The summed E-state index contributed by atoms with van der Waals surface area (Å²) < 4.78 is 0. The monoisotopic (exact) mass is 156 g/mol. The topological polar surface area (TPSA) is 0 Å². The molecule has 0 N–H and O–H groups in total. The fourth-order valence-electron chi connectivity index (χ4n) is 1.49. The molecule has 60 valence electrons. The third-order valence-corrected chi connectivity index (χ3v) is 2.15. The SMILES string of the molecule is CC1=CC(c2ccccc2)=CC1. The maximum Gasteiger partial charge on any atom is -0.0129 e. The lowest BCUT2D eigenvalue weighted by Crippen LogP contribution is -1.75. The lowest BCUT2D eigenvalue weighted by atomic mass is 10.1. The summed E-state index contributed by atoms with van der Waals surface area (Å²) in [6.07, 6.45) is 5.66. The first kappa shape index (κ1) is 7.35. The highest BCUT2D eigenvalue weighted by Crippen LogP contribution is 2.25. The molecule has 0 saturated heterocycles. The molecule has 12 heavy (non-hydrogen) atoms. The van der Waals surface area contributed by atoms with E-state index in [1.807, 2.05) is 0 Å². The summed E-state index contributed by atoms with van der Waals surface area (Å²) in [5.74, 6) is 0. The highest BCUT2D eigenvalue weighted by Gasteiger charge is 2.03. The molecular formula is C12H12. The molecule has 1 aromatic rings. The van der Waals surface area contributed by atoms with E-state index < -0.39 is 0 Å². The van der Waals surface area contributed by atoms with E-state index in [9.17, 15) is 0 Å². The minimum absolute atomic E-state index is 1.12. The Morgan fingerprint density at radius 1 is 1.08 bits per heavy atom. The first-order valence-corrected chi connectivity index (χ1v) is 4.29. The Balaban J connectivity index is 2.34. The second-order valence-corrected chi connectivity index (χ2v) is 3.22. The molecule has 0 amide bonds. The summed E-state index contributed by atoms with van der Waals surface area (Å²) in [6.45, 7) is 2.17. The van der Waals surface area contributed by atoms with Crippen LogP contribution in [0, 0.1) is 0 Å². The third kappa shape index (κ3) is 1.33. The number of allylic oxidation sites excluding steroid dienone is 4. The van der Waals surface area contributed by atoms with Crippen molar-refractivity contribution < 1.29 is 0 Å². The summed E-state index contributed by atoms with van der Waals surface area (Å²) in [5.41, 5.74) is 4.15. The average molecular weight is 156 g/mol. The van der Waals surface area contributed by atoms with E-state index >= 15 is 0 Å². The van der Waals surface area contributed by atoms with Gasteiger partial charge < -0.3 is 0 Å². The first-order valence-electron chi connectivity index (χ1n) is 4.29. The predicted octanol–water partition coefficient (Wildman–Crippen LogP) is 3.42. The molecule has 0 spiro atoms. The molecule has 0 aliphatic heterocycles. The molecular weight excluding hydrogens is 144 g/mol. The number of benzene rings is 1. The van der Waals surface area contributed by atoms with E-state index in [4.69, 9.17) is 0 Å². The molecule has 0 fully saturated rings. The third-order valence-electron chi connectivity index (χ3n) is 2.15. The molecule has 0 bridgehead atoms. The van der Waals surface area contributed by atoms with Gasteiger partial charge in [0.25, 0.3) is 0 Å². The van der Waals surface area contributed by atoms with Crippen molar-refractivity contribution >= 4 is 5.57 Å². The second kappa shape index (κ2) is 2.98. The summed E-state index contributed by atoms with van der Waals surface area (Å²) in [5, 5.41) is 0. The average Bonchev–Trinajstić information content (AvgIpc) is 2.54. The van der Waals surface area contributed by atoms with Crippen LogP contribution in [0.5, 0.6) is 0 Å². The lowest BCUT2D eigenvalue weighted by molar-refractivity contribution is 1.25. The van der Waals surface area contributed by atoms with Crippen molar-refractivity contribution in [1.82, 2.24) is 0 Å². The fraction of sp³-hybridized carbons (Fsp3) is 0.167. The Bertz CT molecular complexity index is 328. The lowest BCUT2D eigenvalue weighted by Gasteiger charge is -1.97. The van der Waals surface area contributed by atoms with Crippen molar-refractivity contribution in [1.29, 1.82) is 0 Å². The zero-order valence-electron chi connectivity index (χ0n) is 7.25. The van der Waals surface area contributed by atoms with Gasteiger partial charge in [-0.15, -0.1) is 0 Å². The minimum atomic E-state index is 1.12. The van der Waals surface area contributed by atoms with E-state index in [2.05, 4.69) is 49.4 Å². The molecule has 0 radical (unpaired) electrons. The Labute approximate surface area is 73.2 Å². The van der Waals surface area contributed by atoms with Crippen molar-refractivity contribution in [3.63, 3.8) is 0 Å². The highest BCUT2D eigenvalue weighted by atomic mass is 14.1. The van der Waals surface area contributed by atoms with Crippen LogP contribution in [0.1, 0.15) is 18.9 Å². The molecule has 0 unspecified atom stereocenters. The van der Waals surface area contributed by atoms with Crippen LogP contribution in [0.2, 0.25) is 0 Å². The second-order valence-electron chi connectivity index (χ2n) is 3.22. The van der Waals surface area contributed by atoms with Gasteiger partial charge in [-0.25, -0.2) is 0 Å². The maximum absolute atomic E-state index is 2.28. The van der Waals surface area contributed by atoms with Gasteiger partial charge in [0.1, 0.15) is 0 Å². The smallest absolute Gasteiger partial charge is 0.0129 e. The molecule has 0 saturated carbocycles. The molecule has 1 aliphatic rings. The molecule has 1 aromatic carbocycles. The Morgan fingerprint density at radius 3 is 2.42 bits per heavy atom. The van der Waals surface area contributed by atoms with Gasteiger partial charge in [-0.2, -0.15) is 0 Å². The Kier molecular flexibility index (Phi) is 1.83. The highest BCUT2D eigenvalue weighted by molar-refractivity contribution is 5.77.